The minimum absolute atomic E-state index is 0. The molecule has 0 bridgehead atoms. The maximum absolute atomic E-state index is 10.3. The molecule has 0 saturated heterocycles. The van der Waals surface area contributed by atoms with Gasteiger partial charge in [0.05, 0.1) is 6.20 Å². The number of nitrogens with zero attached hydrogens (tertiary/aromatic N) is 1. The molecule has 0 spiro atoms. The van der Waals surface area contributed by atoms with E-state index in [9.17, 15) is 8.42 Å². The first kappa shape index (κ1) is 14.1. The Morgan fingerprint density at radius 2 is 2.13 bits per heavy atom. The highest BCUT2D eigenvalue weighted by Crippen LogP contribution is 2.05. The summed E-state index contributed by atoms with van der Waals surface area (Å²) in [6.07, 6.45) is 3.12. The summed E-state index contributed by atoms with van der Waals surface area (Å²) in [7, 11) is -3.87. The summed E-state index contributed by atoms with van der Waals surface area (Å²) in [5.74, 6) is 0.547. The van der Waals surface area contributed by atoms with Crippen molar-refractivity contribution in [3.05, 3.63) is 24.5 Å². The van der Waals surface area contributed by atoms with Gasteiger partial charge in [-0.2, -0.15) is 8.42 Å². The average molecular weight is 255 g/mol. The van der Waals surface area contributed by atoms with Crippen molar-refractivity contribution >= 4 is 22.7 Å². The highest BCUT2D eigenvalue weighted by Gasteiger charge is 2.01. The van der Waals surface area contributed by atoms with E-state index in [-0.39, 0.29) is 25.6 Å². The Bertz CT molecular complexity index is 370. The fraction of sp³-hybridized carbons (Fsp3) is 0.286. The van der Waals surface area contributed by atoms with Crippen LogP contribution in [0.1, 0.15) is 0 Å². The molecular formula is C7H11ClN2O4S. The molecule has 0 unspecified atom stereocenters. The fourth-order valence-corrected chi connectivity index (χ4v) is 1.04. The van der Waals surface area contributed by atoms with E-state index in [0.29, 0.717) is 5.75 Å². The van der Waals surface area contributed by atoms with Gasteiger partial charge in [0.25, 0.3) is 0 Å². The van der Waals surface area contributed by atoms with Gasteiger partial charge in [0, 0.05) is 6.20 Å². The Hall–Kier alpha value is -0.890. The summed E-state index contributed by atoms with van der Waals surface area (Å²) in [6, 6.07) is 3.40. The number of ether oxygens (including phenoxy) is 1. The third kappa shape index (κ3) is 7.09. The molecule has 1 aromatic rings. The molecule has 1 aromatic heterocycles. The zero-order chi connectivity index (χ0) is 10.4. The molecule has 0 aliphatic heterocycles. The van der Waals surface area contributed by atoms with Crippen LogP contribution in [0.3, 0.4) is 0 Å². The van der Waals surface area contributed by atoms with Gasteiger partial charge in [0.2, 0.25) is 0 Å². The predicted octanol–water partition coefficient (Wildman–Crippen LogP) is 0.102. The maximum atomic E-state index is 10.3. The van der Waals surface area contributed by atoms with E-state index < -0.39 is 10.3 Å². The van der Waals surface area contributed by atoms with Gasteiger partial charge in [0.15, 0.2) is 0 Å². The molecule has 0 fully saturated rings. The average Bonchev–Trinajstić information content (AvgIpc) is 2.13. The maximum Gasteiger partial charge on any atom is 0.333 e. The van der Waals surface area contributed by atoms with E-state index in [2.05, 4.69) is 14.3 Å². The normalized spacial score (nSPS) is 10.5. The fourth-order valence-electron chi connectivity index (χ4n) is 0.742. The highest BCUT2D eigenvalue weighted by atomic mass is 35.5. The Balaban J connectivity index is 0.00000196. The number of halogens is 1. The quantitative estimate of drug-likeness (QED) is 0.753. The van der Waals surface area contributed by atoms with Crippen LogP contribution in [0.15, 0.2) is 24.5 Å². The van der Waals surface area contributed by atoms with Crippen molar-refractivity contribution in [2.75, 3.05) is 13.2 Å². The van der Waals surface area contributed by atoms with Crippen LogP contribution in [0.4, 0.5) is 0 Å². The molecule has 0 radical (unpaired) electrons. The monoisotopic (exact) mass is 254 g/mol. The number of hydrogen-bond acceptors (Lipinski definition) is 5. The molecule has 1 heterocycles. The third-order valence-corrected chi connectivity index (χ3v) is 1.73. The zero-order valence-electron chi connectivity index (χ0n) is 7.70. The second-order valence-electron chi connectivity index (χ2n) is 2.35. The van der Waals surface area contributed by atoms with Crippen LogP contribution in [-0.4, -0.2) is 26.6 Å². The number of hydrogen-bond donors (Lipinski definition) is 1. The molecule has 86 valence electrons. The van der Waals surface area contributed by atoms with E-state index in [0.717, 1.165) is 0 Å². The molecule has 15 heavy (non-hydrogen) atoms. The second-order valence-corrected chi connectivity index (χ2v) is 3.57. The van der Waals surface area contributed by atoms with Crippen LogP contribution in [0, 0.1) is 0 Å². The Labute approximate surface area is 94.1 Å². The van der Waals surface area contributed by atoms with Crippen LogP contribution >= 0.6 is 12.4 Å². The molecule has 0 aliphatic carbocycles. The first-order valence-electron chi connectivity index (χ1n) is 3.78. The van der Waals surface area contributed by atoms with Crippen LogP contribution < -0.4 is 9.88 Å². The van der Waals surface area contributed by atoms with Crippen molar-refractivity contribution in [1.82, 2.24) is 4.98 Å². The standard InChI is InChI=1S/C7H10N2O4S.ClH/c8-14(10,11)13-5-4-12-7-2-1-3-9-6-7;/h1-3,6H,4-5H2,(H2,8,10,11);1H. The molecule has 0 atom stereocenters. The molecule has 0 aromatic carbocycles. The first-order chi connectivity index (χ1) is 6.58. The summed E-state index contributed by atoms with van der Waals surface area (Å²) >= 11 is 0. The molecular weight excluding hydrogens is 244 g/mol. The van der Waals surface area contributed by atoms with E-state index in [1.807, 2.05) is 0 Å². The zero-order valence-corrected chi connectivity index (χ0v) is 9.33. The SMILES string of the molecule is Cl.NS(=O)(=O)OCCOc1cccnc1. The Morgan fingerprint density at radius 3 is 2.67 bits per heavy atom. The Morgan fingerprint density at radius 1 is 1.40 bits per heavy atom. The van der Waals surface area contributed by atoms with Gasteiger partial charge in [-0.25, -0.2) is 5.14 Å². The predicted molar refractivity (Wildman–Crippen MR) is 56.0 cm³/mol. The van der Waals surface area contributed by atoms with Gasteiger partial charge in [-0.15, -0.1) is 12.4 Å². The smallest absolute Gasteiger partial charge is 0.333 e. The summed E-state index contributed by atoms with van der Waals surface area (Å²) in [5.41, 5.74) is 0. The molecule has 2 N–H and O–H groups in total. The van der Waals surface area contributed by atoms with Crippen molar-refractivity contribution in [3.8, 4) is 5.75 Å². The largest absolute Gasteiger partial charge is 0.490 e. The number of nitrogens with two attached hydrogens (primary N) is 1. The third-order valence-electron chi connectivity index (χ3n) is 1.23. The number of rotatable bonds is 5. The molecule has 0 amide bonds. The van der Waals surface area contributed by atoms with Gasteiger partial charge < -0.3 is 4.74 Å². The summed E-state index contributed by atoms with van der Waals surface area (Å²) < 4.78 is 30.0. The van der Waals surface area contributed by atoms with Gasteiger partial charge >= 0.3 is 10.3 Å². The van der Waals surface area contributed by atoms with E-state index in [1.165, 1.54) is 6.20 Å². The number of aromatic nitrogens is 1. The van der Waals surface area contributed by atoms with Gasteiger partial charge in [0.1, 0.15) is 19.0 Å². The highest BCUT2D eigenvalue weighted by molar-refractivity contribution is 7.84. The molecule has 0 saturated carbocycles. The lowest BCUT2D eigenvalue weighted by atomic mass is 10.5. The topological polar surface area (TPSA) is 91.5 Å². The van der Waals surface area contributed by atoms with Crippen molar-refractivity contribution in [1.29, 1.82) is 0 Å². The number of pyridine rings is 1. The molecule has 8 heteroatoms. The molecule has 1 rings (SSSR count). The first-order valence-corrected chi connectivity index (χ1v) is 5.25. The lowest BCUT2D eigenvalue weighted by Crippen LogP contribution is -2.19. The molecule has 0 aliphatic rings. The Kier molecular flexibility index (Phi) is 6.18. The van der Waals surface area contributed by atoms with Gasteiger partial charge in [-0.05, 0) is 12.1 Å². The van der Waals surface area contributed by atoms with Gasteiger partial charge in [-0.1, -0.05) is 0 Å². The lowest BCUT2D eigenvalue weighted by Gasteiger charge is -2.04. The van der Waals surface area contributed by atoms with E-state index in [1.54, 1.807) is 18.3 Å². The summed E-state index contributed by atoms with van der Waals surface area (Å²) in [6.45, 7) is -0.0180. The van der Waals surface area contributed by atoms with E-state index >= 15 is 0 Å². The van der Waals surface area contributed by atoms with Gasteiger partial charge in [-0.3, -0.25) is 9.17 Å². The minimum atomic E-state index is -3.87. The van der Waals surface area contributed by atoms with Crippen LogP contribution in [0.2, 0.25) is 0 Å². The van der Waals surface area contributed by atoms with Crippen LogP contribution in [0.25, 0.3) is 0 Å². The summed E-state index contributed by atoms with van der Waals surface area (Å²) in [4.78, 5) is 3.80. The molecule has 6 nitrogen and oxygen atoms in total. The summed E-state index contributed by atoms with van der Waals surface area (Å²) in [5, 5.41) is 4.60. The van der Waals surface area contributed by atoms with Crippen molar-refractivity contribution in [2.45, 2.75) is 0 Å². The van der Waals surface area contributed by atoms with E-state index in [4.69, 9.17) is 4.74 Å². The van der Waals surface area contributed by atoms with Crippen molar-refractivity contribution in [2.24, 2.45) is 5.14 Å². The second kappa shape index (κ2) is 6.57. The van der Waals surface area contributed by atoms with Crippen LogP contribution in [0.5, 0.6) is 5.75 Å². The van der Waals surface area contributed by atoms with Crippen LogP contribution in [-0.2, 0) is 14.5 Å². The van der Waals surface area contributed by atoms with Crippen molar-refractivity contribution < 1.29 is 17.3 Å². The minimum Gasteiger partial charge on any atom is -0.490 e. The van der Waals surface area contributed by atoms with Crippen molar-refractivity contribution in [3.63, 3.8) is 0 Å². The lowest BCUT2D eigenvalue weighted by molar-refractivity contribution is 0.221.